The Kier molecular flexibility index (Phi) is 4.71. The molecule has 0 spiro atoms. The summed E-state index contributed by atoms with van der Waals surface area (Å²) in [6.07, 6.45) is 1.54. The Morgan fingerprint density at radius 2 is 1.91 bits per heavy atom. The molecule has 0 radical (unpaired) electrons. The smallest absolute Gasteiger partial charge is 0.143 e. The zero-order valence-electron chi connectivity index (χ0n) is 12.5. The fraction of sp³-hybridized carbons (Fsp3) is 0.250. The van der Waals surface area contributed by atoms with Crippen LogP contribution in [0.2, 0.25) is 0 Å². The van der Waals surface area contributed by atoms with Gasteiger partial charge in [0, 0.05) is 16.2 Å². The van der Waals surface area contributed by atoms with E-state index in [4.69, 9.17) is 4.84 Å². The Morgan fingerprint density at radius 1 is 1.18 bits per heavy atom. The van der Waals surface area contributed by atoms with Gasteiger partial charge < -0.3 is 15.1 Å². The highest BCUT2D eigenvalue weighted by molar-refractivity contribution is 9.10. The fourth-order valence-corrected chi connectivity index (χ4v) is 2.04. The van der Waals surface area contributed by atoms with Crippen molar-refractivity contribution in [3.05, 3.63) is 52.3 Å². The second-order valence-corrected chi connectivity index (χ2v) is 6.59. The van der Waals surface area contributed by atoms with Gasteiger partial charge >= 0.3 is 0 Å². The van der Waals surface area contributed by atoms with Crippen molar-refractivity contribution in [2.75, 3.05) is 0 Å². The minimum atomic E-state index is -0.517. The minimum absolute atomic E-state index is 0.0181. The summed E-state index contributed by atoms with van der Waals surface area (Å²) in [6, 6.07) is 8.05. The molecule has 1 heterocycles. The molecule has 0 atom stereocenters. The van der Waals surface area contributed by atoms with Gasteiger partial charge in [0.1, 0.15) is 28.5 Å². The van der Waals surface area contributed by atoms with E-state index in [9.17, 15) is 10.2 Å². The zero-order chi connectivity index (χ0) is 16.3. The van der Waals surface area contributed by atoms with Crippen LogP contribution in [-0.4, -0.2) is 26.5 Å². The summed E-state index contributed by atoms with van der Waals surface area (Å²) in [6.45, 7) is 5.56. The first kappa shape index (κ1) is 16.3. The number of rotatable bonds is 3. The first-order chi connectivity index (χ1) is 10.3. The molecule has 2 aromatic rings. The quantitative estimate of drug-likeness (QED) is 0.641. The molecule has 2 N–H and O–H groups in total. The van der Waals surface area contributed by atoms with Gasteiger partial charge in [-0.1, -0.05) is 21.1 Å². The maximum atomic E-state index is 10.1. The highest BCUT2D eigenvalue weighted by Gasteiger charge is 2.20. The third kappa shape index (κ3) is 3.98. The van der Waals surface area contributed by atoms with Crippen molar-refractivity contribution in [3.8, 4) is 11.5 Å². The predicted molar refractivity (Wildman–Crippen MR) is 88.2 cm³/mol. The molecule has 2 rings (SSSR count). The number of aromatic nitrogens is 1. The number of phenols is 1. The maximum absolute atomic E-state index is 10.1. The van der Waals surface area contributed by atoms with Crippen LogP contribution >= 0.6 is 15.9 Å². The Balaban J connectivity index is 2.61. The fourth-order valence-electron chi connectivity index (χ4n) is 1.68. The van der Waals surface area contributed by atoms with E-state index in [-0.39, 0.29) is 22.9 Å². The van der Waals surface area contributed by atoms with E-state index in [1.165, 1.54) is 18.3 Å². The van der Waals surface area contributed by atoms with Crippen molar-refractivity contribution in [2.24, 2.45) is 5.16 Å². The lowest BCUT2D eigenvalue weighted by Gasteiger charge is -2.17. The van der Waals surface area contributed by atoms with Crippen molar-refractivity contribution in [1.82, 2.24) is 4.98 Å². The van der Waals surface area contributed by atoms with E-state index in [1.807, 2.05) is 20.8 Å². The van der Waals surface area contributed by atoms with E-state index >= 15 is 0 Å². The number of phenolic OH excluding ortho intramolecular Hbond substituents is 1. The van der Waals surface area contributed by atoms with Gasteiger partial charge in [0.05, 0.1) is 0 Å². The third-order valence-corrected chi connectivity index (χ3v) is 3.13. The second kappa shape index (κ2) is 6.36. The predicted octanol–water partition coefficient (Wildman–Crippen LogP) is 3.82. The molecule has 0 saturated heterocycles. The van der Waals surface area contributed by atoms with Crippen LogP contribution in [0.5, 0.6) is 11.5 Å². The molecular weight excluding hydrogens is 348 g/mol. The monoisotopic (exact) mass is 364 g/mol. The van der Waals surface area contributed by atoms with Gasteiger partial charge in [0.25, 0.3) is 0 Å². The number of pyridine rings is 1. The summed E-state index contributed by atoms with van der Waals surface area (Å²) < 4.78 is 0.763. The van der Waals surface area contributed by atoms with E-state index in [2.05, 4.69) is 26.1 Å². The average Bonchev–Trinajstić information content (AvgIpc) is 2.43. The lowest BCUT2D eigenvalue weighted by molar-refractivity contribution is 0.00109. The standard InChI is InChI=1S/C16H17BrN2O3/c1-16(2,3)22-19-14(15-13(21)5-4-8-18-15)11-9-10(17)6-7-12(11)20/h4-9,20-21H,1-3H3/b19-14+. The first-order valence-corrected chi connectivity index (χ1v) is 7.46. The summed E-state index contributed by atoms with van der Waals surface area (Å²) >= 11 is 3.36. The Morgan fingerprint density at radius 3 is 2.55 bits per heavy atom. The minimum Gasteiger partial charge on any atom is -0.507 e. The molecular formula is C16H17BrN2O3. The molecule has 0 unspecified atom stereocenters. The summed E-state index contributed by atoms with van der Waals surface area (Å²) in [5, 5.41) is 24.3. The molecule has 0 aliphatic heterocycles. The number of oxime groups is 1. The number of hydrogen-bond donors (Lipinski definition) is 2. The molecule has 0 amide bonds. The summed E-state index contributed by atoms with van der Waals surface area (Å²) in [5.41, 5.74) is 0.386. The average molecular weight is 365 g/mol. The molecule has 5 nitrogen and oxygen atoms in total. The number of hydrogen-bond acceptors (Lipinski definition) is 5. The van der Waals surface area contributed by atoms with Crippen molar-refractivity contribution in [1.29, 1.82) is 0 Å². The largest absolute Gasteiger partial charge is 0.507 e. The third-order valence-electron chi connectivity index (χ3n) is 2.64. The normalized spacial score (nSPS) is 12.3. The SMILES string of the molecule is CC(C)(C)O/N=C(\c1cc(Br)ccc1O)c1ncccc1O. The lowest BCUT2D eigenvalue weighted by atomic mass is 10.1. The second-order valence-electron chi connectivity index (χ2n) is 5.68. The molecule has 116 valence electrons. The summed E-state index contributed by atoms with van der Waals surface area (Å²) in [4.78, 5) is 9.60. The molecule has 0 aliphatic rings. The van der Waals surface area contributed by atoms with Crippen LogP contribution in [0.25, 0.3) is 0 Å². The van der Waals surface area contributed by atoms with Gasteiger partial charge in [-0.25, -0.2) is 0 Å². The molecule has 22 heavy (non-hydrogen) atoms. The van der Waals surface area contributed by atoms with Crippen LogP contribution in [0.4, 0.5) is 0 Å². The molecule has 6 heteroatoms. The zero-order valence-corrected chi connectivity index (χ0v) is 14.1. The molecule has 1 aromatic carbocycles. The van der Waals surface area contributed by atoms with Crippen LogP contribution in [-0.2, 0) is 4.84 Å². The highest BCUT2D eigenvalue weighted by Crippen LogP contribution is 2.28. The van der Waals surface area contributed by atoms with Crippen LogP contribution < -0.4 is 0 Å². The van der Waals surface area contributed by atoms with Gasteiger partial charge in [-0.05, 0) is 51.1 Å². The van der Waals surface area contributed by atoms with Crippen molar-refractivity contribution in [2.45, 2.75) is 26.4 Å². The molecule has 1 aromatic heterocycles. The Hall–Kier alpha value is -2.08. The highest BCUT2D eigenvalue weighted by atomic mass is 79.9. The van der Waals surface area contributed by atoms with Crippen LogP contribution in [0.3, 0.4) is 0 Å². The molecule has 0 bridgehead atoms. The number of aromatic hydroxyl groups is 2. The van der Waals surface area contributed by atoms with Crippen LogP contribution in [0.1, 0.15) is 32.0 Å². The van der Waals surface area contributed by atoms with E-state index < -0.39 is 5.60 Å². The molecule has 0 fully saturated rings. The number of halogens is 1. The Labute approximate surface area is 137 Å². The van der Waals surface area contributed by atoms with Crippen molar-refractivity contribution in [3.63, 3.8) is 0 Å². The first-order valence-electron chi connectivity index (χ1n) is 6.67. The van der Waals surface area contributed by atoms with Crippen LogP contribution in [0.15, 0.2) is 46.2 Å². The van der Waals surface area contributed by atoms with E-state index in [0.29, 0.717) is 5.56 Å². The summed E-state index contributed by atoms with van der Waals surface area (Å²) in [5.74, 6) is -0.0253. The van der Waals surface area contributed by atoms with Crippen molar-refractivity contribution >= 4 is 21.6 Å². The number of nitrogens with zero attached hydrogens (tertiary/aromatic N) is 2. The van der Waals surface area contributed by atoms with Gasteiger partial charge in [0.15, 0.2) is 0 Å². The maximum Gasteiger partial charge on any atom is 0.143 e. The topological polar surface area (TPSA) is 74.9 Å². The van der Waals surface area contributed by atoms with Gasteiger partial charge in [-0.2, -0.15) is 0 Å². The lowest BCUT2D eigenvalue weighted by Crippen LogP contribution is -2.18. The van der Waals surface area contributed by atoms with Gasteiger partial charge in [-0.3, -0.25) is 4.98 Å². The molecule has 0 aliphatic carbocycles. The van der Waals surface area contributed by atoms with Crippen molar-refractivity contribution < 1.29 is 15.1 Å². The Bertz CT molecular complexity index is 709. The molecule has 0 saturated carbocycles. The number of benzene rings is 1. The van der Waals surface area contributed by atoms with E-state index in [1.54, 1.807) is 18.2 Å². The van der Waals surface area contributed by atoms with Gasteiger partial charge in [-0.15, -0.1) is 0 Å². The van der Waals surface area contributed by atoms with Gasteiger partial charge in [0.2, 0.25) is 0 Å². The summed E-state index contributed by atoms with van der Waals surface area (Å²) in [7, 11) is 0. The van der Waals surface area contributed by atoms with Crippen LogP contribution in [0, 0.1) is 0 Å². The van der Waals surface area contributed by atoms with E-state index in [0.717, 1.165) is 4.47 Å².